The van der Waals surface area contributed by atoms with Crippen molar-refractivity contribution in [1.29, 1.82) is 0 Å². The van der Waals surface area contributed by atoms with Crippen molar-refractivity contribution < 1.29 is 9.59 Å². The zero-order valence-corrected chi connectivity index (χ0v) is 9.45. The number of thioether (sulfide) groups is 1. The summed E-state index contributed by atoms with van der Waals surface area (Å²) < 4.78 is 0. The predicted molar refractivity (Wildman–Crippen MR) is 63.4 cm³/mol. The summed E-state index contributed by atoms with van der Waals surface area (Å²) in [6.07, 6.45) is 0. The maximum absolute atomic E-state index is 11.7. The highest BCUT2D eigenvalue weighted by Crippen LogP contribution is 2.18. The smallest absolute Gasteiger partial charge is 0.279 e. The quantitative estimate of drug-likeness (QED) is 0.799. The molecule has 1 saturated heterocycles. The summed E-state index contributed by atoms with van der Waals surface area (Å²) in [6, 6.07) is 8.76. The molecule has 16 heavy (non-hydrogen) atoms. The van der Waals surface area contributed by atoms with E-state index in [1.807, 2.05) is 6.07 Å². The molecule has 82 valence electrons. The molecule has 1 fully saturated rings. The van der Waals surface area contributed by atoms with Gasteiger partial charge in [0.25, 0.3) is 5.91 Å². The number of amides is 2. The fourth-order valence-corrected chi connectivity index (χ4v) is 2.05. The molecule has 1 aromatic carbocycles. The zero-order chi connectivity index (χ0) is 11.5. The Morgan fingerprint density at radius 3 is 2.62 bits per heavy atom. The first-order chi connectivity index (χ1) is 7.66. The van der Waals surface area contributed by atoms with Crippen LogP contribution in [0.2, 0.25) is 0 Å². The van der Waals surface area contributed by atoms with Crippen LogP contribution in [0.5, 0.6) is 0 Å². The number of rotatable bonds is 1. The maximum atomic E-state index is 11.7. The third-order valence-electron chi connectivity index (χ3n) is 2.11. The summed E-state index contributed by atoms with van der Waals surface area (Å²) in [4.78, 5) is 26.7. The van der Waals surface area contributed by atoms with Crippen molar-refractivity contribution in [2.24, 2.45) is 4.99 Å². The van der Waals surface area contributed by atoms with Gasteiger partial charge in [-0.15, -0.1) is 0 Å². The van der Waals surface area contributed by atoms with Gasteiger partial charge in [0, 0.05) is 5.56 Å². The Labute approximate surface area is 97.1 Å². The van der Waals surface area contributed by atoms with E-state index in [0.717, 1.165) is 0 Å². The van der Waals surface area contributed by atoms with Gasteiger partial charge in [-0.1, -0.05) is 30.0 Å². The van der Waals surface area contributed by atoms with Crippen LogP contribution in [0, 0.1) is 0 Å². The van der Waals surface area contributed by atoms with Gasteiger partial charge in [-0.2, -0.15) is 4.99 Å². The van der Waals surface area contributed by atoms with Crippen LogP contribution in [0.1, 0.15) is 17.3 Å². The Balaban J connectivity index is 2.14. The highest BCUT2D eigenvalue weighted by atomic mass is 32.2. The average molecular weight is 234 g/mol. The van der Waals surface area contributed by atoms with E-state index in [2.05, 4.69) is 10.3 Å². The lowest BCUT2D eigenvalue weighted by Crippen LogP contribution is -2.23. The van der Waals surface area contributed by atoms with Crippen molar-refractivity contribution in [3.05, 3.63) is 35.9 Å². The number of hydrogen-bond donors (Lipinski definition) is 1. The minimum absolute atomic E-state index is 0.107. The largest absolute Gasteiger partial charge is 0.304 e. The van der Waals surface area contributed by atoms with Gasteiger partial charge in [0.15, 0.2) is 5.17 Å². The summed E-state index contributed by atoms with van der Waals surface area (Å²) in [5.74, 6) is -0.442. The Bertz CT molecular complexity index is 456. The van der Waals surface area contributed by atoms with Crippen molar-refractivity contribution in [3.8, 4) is 0 Å². The molecule has 0 radical (unpaired) electrons. The third kappa shape index (κ3) is 2.30. The summed E-state index contributed by atoms with van der Waals surface area (Å²) in [5.41, 5.74) is 0.518. The molecule has 0 aliphatic carbocycles. The minimum atomic E-state index is -0.336. The Morgan fingerprint density at radius 1 is 1.38 bits per heavy atom. The first kappa shape index (κ1) is 10.9. The molecular formula is C11H10N2O2S. The highest BCUT2D eigenvalue weighted by Gasteiger charge is 2.26. The van der Waals surface area contributed by atoms with E-state index >= 15 is 0 Å². The highest BCUT2D eigenvalue weighted by molar-refractivity contribution is 8.15. The standard InChI is InChI=1S/C11H10N2O2S/c1-7-9(14)12-11(16-7)13-10(15)8-5-3-2-4-6-8/h2-7H,1H3,(H,12,13,14,15)/t7-/m1/s1. The van der Waals surface area contributed by atoms with E-state index in [0.29, 0.717) is 10.7 Å². The normalized spacial score (nSPS) is 22.2. The summed E-state index contributed by atoms with van der Waals surface area (Å²) >= 11 is 1.27. The molecule has 1 aliphatic heterocycles. The fraction of sp³-hybridized carbons (Fsp3) is 0.182. The second-order valence-electron chi connectivity index (χ2n) is 3.34. The topological polar surface area (TPSA) is 58.5 Å². The van der Waals surface area contributed by atoms with E-state index in [1.165, 1.54) is 11.8 Å². The molecule has 1 atom stereocenters. The van der Waals surface area contributed by atoms with E-state index in [-0.39, 0.29) is 17.1 Å². The fourth-order valence-electron chi connectivity index (χ4n) is 1.25. The number of nitrogens with one attached hydrogen (secondary N) is 1. The summed E-state index contributed by atoms with van der Waals surface area (Å²) in [6.45, 7) is 1.77. The van der Waals surface area contributed by atoms with Crippen LogP contribution >= 0.6 is 11.8 Å². The SMILES string of the molecule is C[C@H]1SC(=NC(=O)c2ccccc2)NC1=O. The number of nitrogens with zero attached hydrogens (tertiary/aromatic N) is 1. The van der Waals surface area contributed by atoms with E-state index < -0.39 is 0 Å². The van der Waals surface area contributed by atoms with Crippen LogP contribution in [0.3, 0.4) is 0 Å². The van der Waals surface area contributed by atoms with E-state index in [9.17, 15) is 9.59 Å². The number of aliphatic imine (C=N–C) groups is 1. The first-order valence-corrected chi connectivity index (χ1v) is 5.70. The van der Waals surface area contributed by atoms with Gasteiger partial charge in [0.1, 0.15) is 0 Å². The van der Waals surface area contributed by atoms with Gasteiger partial charge >= 0.3 is 0 Å². The van der Waals surface area contributed by atoms with Crippen LogP contribution in [-0.4, -0.2) is 22.2 Å². The Hall–Kier alpha value is -1.62. The number of carbonyl (C=O) groups excluding carboxylic acids is 2. The molecule has 1 aliphatic rings. The molecule has 0 aromatic heterocycles. The molecule has 0 unspecified atom stereocenters. The van der Waals surface area contributed by atoms with Gasteiger partial charge in [-0.25, -0.2) is 0 Å². The summed E-state index contributed by atoms with van der Waals surface area (Å²) in [5, 5.41) is 2.76. The molecule has 5 heteroatoms. The summed E-state index contributed by atoms with van der Waals surface area (Å²) in [7, 11) is 0. The molecule has 2 rings (SSSR count). The van der Waals surface area contributed by atoms with Crippen molar-refractivity contribution in [2.75, 3.05) is 0 Å². The van der Waals surface area contributed by atoms with Crippen LogP contribution in [0.25, 0.3) is 0 Å². The monoisotopic (exact) mass is 234 g/mol. The van der Waals surface area contributed by atoms with Gasteiger partial charge in [0.05, 0.1) is 5.25 Å². The average Bonchev–Trinajstić information content (AvgIpc) is 2.59. The molecule has 0 saturated carbocycles. The second kappa shape index (κ2) is 4.49. The van der Waals surface area contributed by atoms with E-state index in [4.69, 9.17) is 0 Å². The van der Waals surface area contributed by atoms with Crippen LogP contribution in [-0.2, 0) is 4.79 Å². The van der Waals surface area contributed by atoms with Gasteiger partial charge in [0.2, 0.25) is 5.91 Å². The molecule has 1 N–H and O–H groups in total. The molecular weight excluding hydrogens is 224 g/mol. The molecule has 4 nitrogen and oxygen atoms in total. The number of hydrogen-bond acceptors (Lipinski definition) is 3. The lowest BCUT2D eigenvalue weighted by molar-refractivity contribution is -0.118. The molecule has 0 bridgehead atoms. The Kier molecular flexibility index (Phi) is 3.05. The predicted octanol–water partition coefficient (Wildman–Crippen LogP) is 1.43. The van der Waals surface area contributed by atoms with Crippen molar-refractivity contribution in [1.82, 2.24) is 5.32 Å². The van der Waals surface area contributed by atoms with Gasteiger partial charge in [-0.05, 0) is 19.1 Å². The Morgan fingerprint density at radius 2 is 2.06 bits per heavy atom. The molecule has 0 spiro atoms. The molecule has 2 amide bonds. The number of benzene rings is 1. The van der Waals surface area contributed by atoms with Crippen LogP contribution in [0.15, 0.2) is 35.3 Å². The maximum Gasteiger partial charge on any atom is 0.279 e. The van der Waals surface area contributed by atoms with Gasteiger partial charge in [-0.3, -0.25) is 9.59 Å². The van der Waals surface area contributed by atoms with Crippen molar-refractivity contribution in [3.63, 3.8) is 0 Å². The number of carbonyl (C=O) groups is 2. The van der Waals surface area contributed by atoms with Crippen molar-refractivity contribution in [2.45, 2.75) is 12.2 Å². The number of amidine groups is 1. The minimum Gasteiger partial charge on any atom is -0.304 e. The van der Waals surface area contributed by atoms with Crippen LogP contribution in [0.4, 0.5) is 0 Å². The lowest BCUT2D eigenvalue weighted by atomic mass is 10.2. The second-order valence-corrected chi connectivity index (χ2v) is 4.67. The molecule has 1 aromatic rings. The van der Waals surface area contributed by atoms with E-state index in [1.54, 1.807) is 31.2 Å². The van der Waals surface area contributed by atoms with Crippen molar-refractivity contribution >= 4 is 28.7 Å². The van der Waals surface area contributed by atoms with Crippen LogP contribution < -0.4 is 5.32 Å². The third-order valence-corrected chi connectivity index (χ3v) is 3.10. The van der Waals surface area contributed by atoms with Gasteiger partial charge < -0.3 is 5.32 Å². The first-order valence-electron chi connectivity index (χ1n) is 4.82. The molecule has 1 heterocycles. The zero-order valence-electron chi connectivity index (χ0n) is 8.64. The lowest BCUT2D eigenvalue weighted by Gasteiger charge is -1.96.